The van der Waals surface area contributed by atoms with Crippen LogP contribution in [-0.2, 0) is 22.6 Å². The fourth-order valence-corrected chi connectivity index (χ4v) is 3.91. The number of halogens is 1. The second kappa shape index (κ2) is 15.0. The molecule has 2 fully saturated rings. The number of hydrogen-bond donors (Lipinski definition) is 2. The first-order chi connectivity index (χ1) is 14.3. The summed E-state index contributed by atoms with van der Waals surface area (Å²) in [6.45, 7) is 8.64. The summed E-state index contributed by atoms with van der Waals surface area (Å²) in [6, 6.07) is 8.94. The highest BCUT2D eigenvalue weighted by Gasteiger charge is 2.13. The second-order valence-corrected chi connectivity index (χ2v) is 8.14. The summed E-state index contributed by atoms with van der Waals surface area (Å²) in [7, 11) is 1.82. The molecule has 0 atom stereocenters. The first kappa shape index (κ1) is 25.4. The van der Waals surface area contributed by atoms with Crippen LogP contribution in [0.3, 0.4) is 0 Å². The summed E-state index contributed by atoms with van der Waals surface area (Å²) < 4.78 is 11.2. The SMILES string of the molecule is CN=C(NCCCOCC1CCOCC1)NCc1ccc(CN2CCCC2)cc1.I. The molecule has 0 bridgehead atoms. The van der Waals surface area contributed by atoms with E-state index in [4.69, 9.17) is 9.47 Å². The molecule has 0 aromatic heterocycles. The molecule has 3 rings (SSSR count). The van der Waals surface area contributed by atoms with E-state index in [9.17, 15) is 0 Å². The lowest BCUT2D eigenvalue weighted by Gasteiger charge is -2.21. The van der Waals surface area contributed by atoms with Crippen molar-refractivity contribution in [1.82, 2.24) is 15.5 Å². The van der Waals surface area contributed by atoms with Crippen LogP contribution in [-0.4, -0.2) is 64.0 Å². The van der Waals surface area contributed by atoms with Gasteiger partial charge in [0, 0.05) is 53.1 Å². The third kappa shape index (κ3) is 9.49. The van der Waals surface area contributed by atoms with Crippen molar-refractivity contribution >= 4 is 29.9 Å². The fourth-order valence-electron chi connectivity index (χ4n) is 3.91. The predicted molar refractivity (Wildman–Crippen MR) is 134 cm³/mol. The Morgan fingerprint density at radius 1 is 1.10 bits per heavy atom. The Morgan fingerprint density at radius 3 is 2.50 bits per heavy atom. The van der Waals surface area contributed by atoms with E-state index < -0.39 is 0 Å². The topological polar surface area (TPSA) is 58.1 Å². The fraction of sp³-hybridized carbons (Fsp3) is 0.696. The van der Waals surface area contributed by atoms with Gasteiger partial charge in [-0.3, -0.25) is 9.89 Å². The number of guanidine groups is 1. The highest BCUT2D eigenvalue weighted by molar-refractivity contribution is 14.0. The normalized spacial score (nSPS) is 18.2. The molecule has 0 saturated carbocycles. The Kier molecular flexibility index (Phi) is 12.7. The second-order valence-electron chi connectivity index (χ2n) is 8.14. The zero-order valence-corrected chi connectivity index (χ0v) is 20.7. The molecular formula is C23H39IN4O2. The Labute approximate surface area is 199 Å². The third-order valence-corrected chi connectivity index (χ3v) is 5.76. The van der Waals surface area contributed by atoms with Crippen LogP contribution in [0.4, 0.5) is 0 Å². The van der Waals surface area contributed by atoms with Crippen molar-refractivity contribution in [2.24, 2.45) is 10.9 Å². The molecule has 6 nitrogen and oxygen atoms in total. The van der Waals surface area contributed by atoms with Crippen LogP contribution in [0.15, 0.2) is 29.3 Å². The maximum Gasteiger partial charge on any atom is 0.191 e. The van der Waals surface area contributed by atoms with Crippen molar-refractivity contribution < 1.29 is 9.47 Å². The molecule has 2 aliphatic heterocycles. The number of hydrogen-bond acceptors (Lipinski definition) is 4. The van der Waals surface area contributed by atoms with E-state index in [0.717, 1.165) is 71.3 Å². The molecule has 0 radical (unpaired) electrons. The van der Waals surface area contributed by atoms with Gasteiger partial charge in [0.15, 0.2) is 5.96 Å². The number of likely N-dealkylation sites (tertiary alicyclic amines) is 1. The minimum atomic E-state index is 0. The lowest BCUT2D eigenvalue weighted by molar-refractivity contribution is 0.0203. The van der Waals surface area contributed by atoms with Gasteiger partial charge in [-0.15, -0.1) is 24.0 Å². The number of aliphatic imine (C=N–C) groups is 1. The minimum absolute atomic E-state index is 0. The van der Waals surface area contributed by atoms with Gasteiger partial charge in [-0.05, 0) is 62.2 Å². The highest BCUT2D eigenvalue weighted by Crippen LogP contribution is 2.15. The maximum atomic E-state index is 5.82. The molecule has 1 aromatic carbocycles. The summed E-state index contributed by atoms with van der Waals surface area (Å²) in [4.78, 5) is 6.85. The highest BCUT2D eigenvalue weighted by atomic mass is 127. The van der Waals surface area contributed by atoms with Crippen LogP contribution in [0.1, 0.15) is 43.2 Å². The molecule has 7 heteroatoms. The van der Waals surface area contributed by atoms with Crippen molar-refractivity contribution in [3.05, 3.63) is 35.4 Å². The number of ether oxygens (including phenoxy) is 2. The van der Waals surface area contributed by atoms with E-state index >= 15 is 0 Å². The van der Waals surface area contributed by atoms with Crippen LogP contribution in [0.25, 0.3) is 0 Å². The van der Waals surface area contributed by atoms with E-state index in [1.54, 1.807) is 0 Å². The summed E-state index contributed by atoms with van der Waals surface area (Å²) in [5, 5.41) is 6.76. The molecule has 2 heterocycles. The molecule has 2 N–H and O–H groups in total. The number of nitrogens with zero attached hydrogens (tertiary/aromatic N) is 2. The average molecular weight is 530 g/mol. The lowest BCUT2D eigenvalue weighted by atomic mass is 10.0. The van der Waals surface area contributed by atoms with Crippen LogP contribution < -0.4 is 10.6 Å². The maximum absolute atomic E-state index is 5.82. The van der Waals surface area contributed by atoms with E-state index in [-0.39, 0.29) is 24.0 Å². The van der Waals surface area contributed by atoms with Crippen LogP contribution in [0, 0.1) is 5.92 Å². The van der Waals surface area contributed by atoms with E-state index in [0.29, 0.717) is 5.92 Å². The molecule has 2 saturated heterocycles. The molecule has 0 amide bonds. The van der Waals surface area contributed by atoms with Crippen LogP contribution in [0.5, 0.6) is 0 Å². The van der Waals surface area contributed by atoms with Crippen molar-refractivity contribution in [2.75, 3.05) is 53.1 Å². The Morgan fingerprint density at radius 2 is 1.80 bits per heavy atom. The Hall–Kier alpha value is -0.900. The number of benzene rings is 1. The van der Waals surface area contributed by atoms with Gasteiger partial charge in [0.1, 0.15) is 0 Å². The van der Waals surface area contributed by atoms with Gasteiger partial charge in [0.2, 0.25) is 0 Å². The van der Waals surface area contributed by atoms with Crippen molar-refractivity contribution in [3.8, 4) is 0 Å². The average Bonchev–Trinajstić information content (AvgIpc) is 3.27. The first-order valence-corrected chi connectivity index (χ1v) is 11.2. The van der Waals surface area contributed by atoms with E-state index in [1.807, 2.05) is 7.05 Å². The van der Waals surface area contributed by atoms with Crippen LogP contribution in [0.2, 0.25) is 0 Å². The van der Waals surface area contributed by atoms with Gasteiger partial charge in [0.25, 0.3) is 0 Å². The lowest BCUT2D eigenvalue weighted by Crippen LogP contribution is -2.37. The number of nitrogens with one attached hydrogen (secondary N) is 2. The number of rotatable bonds is 10. The molecule has 0 aliphatic carbocycles. The summed E-state index contributed by atoms with van der Waals surface area (Å²) in [5.41, 5.74) is 2.68. The van der Waals surface area contributed by atoms with Gasteiger partial charge in [-0.25, -0.2) is 0 Å². The first-order valence-electron chi connectivity index (χ1n) is 11.2. The van der Waals surface area contributed by atoms with E-state index in [2.05, 4.69) is 44.8 Å². The zero-order chi connectivity index (χ0) is 20.2. The Bertz CT molecular complexity index is 600. The van der Waals surface area contributed by atoms with Crippen molar-refractivity contribution in [2.45, 2.75) is 45.2 Å². The molecule has 170 valence electrons. The van der Waals surface area contributed by atoms with Gasteiger partial charge >= 0.3 is 0 Å². The largest absolute Gasteiger partial charge is 0.381 e. The quantitative estimate of drug-likeness (QED) is 0.210. The smallest absolute Gasteiger partial charge is 0.191 e. The molecule has 0 spiro atoms. The van der Waals surface area contributed by atoms with Crippen LogP contribution >= 0.6 is 24.0 Å². The van der Waals surface area contributed by atoms with Gasteiger partial charge in [-0.2, -0.15) is 0 Å². The van der Waals surface area contributed by atoms with E-state index in [1.165, 1.54) is 37.1 Å². The monoisotopic (exact) mass is 530 g/mol. The molecule has 0 unspecified atom stereocenters. The van der Waals surface area contributed by atoms with Crippen molar-refractivity contribution in [1.29, 1.82) is 0 Å². The molecular weight excluding hydrogens is 491 g/mol. The van der Waals surface area contributed by atoms with Gasteiger partial charge in [-0.1, -0.05) is 24.3 Å². The molecule has 30 heavy (non-hydrogen) atoms. The molecule has 1 aromatic rings. The van der Waals surface area contributed by atoms with Crippen molar-refractivity contribution in [3.63, 3.8) is 0 Å². The van der Waals surface area contributed by atoms with Gasteiger partial charge in [0.05, 0.1) is 0 Å². The third-order valence-electron chi connectivity index (χ3n) is 5.76. The van der Waals surface area contributed by atoms with Gasteiger partial charge < -0.3 is 20.1 Å². The minimum Gasteiger partial charge on any atom is -0.381 e. The zero-order valence-electron chi connectivity index (χ0n) is 18.4. The molecule has 2 aliphatic rings. The standard InChI is InChI=1S/C23H38N4O2.HI/c1-24-23(25-11-4-14-29-19-22-9-15-28-16-10-22)26-17-20-5-7-21(8-6-20)18-27-12-2-3-13-27;/h5-8,22H,2-4,9-19H2,1H3,(H2,24,25,26);1H. The summed E-state index contributed by atoms with van der Waals surface area (Å²) in [6.07, 6.45) is 5.93. The predicted octanol–water partition coefficient (Wildman–Crippen LogP) is 3.40. The summed E-state index contributed by atoms with van der Waals surface area (Å²) >= 11 is 0. The summed E-state index contributed by atoms with van der Waals surface area (Å²) in [5.74, 6) is 1.52. The Balaban J connectivity index is 0.00000320.